The van der Waals surface area contributed by atoms with Gasteiger partial charge >= 0.3 is 0 Å². The fraction of sp³-hybridized carbons (Fsp3) is 0.167. The van der Waals surface area contributed by atoms with E-state index in [9.17, 15) is 4.39 Å². The topological polar surface area (TPSA) is 39.7 Å². The van der Waals surface area contributed by atoms with E-state index in [0.717, 1.165) is 21.7 Å². The second-order valence-electron chi connectivity index (χ2n) is 5.90. The standard InChI is InChI=1S/C23H23NO3S.CH3F/c1-25-21-15-17(16-22(26-2)23(21)27-3)13-14-18-9-7-8-12-20(18)24-28-19-10-5-4-6-11-19;1-2/h4-16,24H,1-3H3;1H3/b14-13-;. The summed E-state index contributed by atoms with van der Waals surface area (Å²) in [5.74, 6) is 1.85. The first-order chi connectivity index (χ1) is 14.7. The molecule has 0 radical (unpaired) electrons. The van der Waals surface area contributed by atoms with Gasteiger partial charge in [0.1, 0.15) is 0 Å². The Labute approximate surface area is 181 Å². The second kappa shape index (κ2) is 12.4. The fourth-order valence-corrected chi connectivity index (χ4v) is 3.43. The van der Waals surface area contributed by atoms with Gasteiger partial charge in [-0.3, -0.25) is 4.39 Å². The van der Waals surface area contributed by atoms with Gasteiger partial charge in [-0.1, -0.05) is 48.6 Å². The lowest BCUT2D eigenvalue weighted by molar-refractivity contribution is 0.324. The second-order valence-corrected chi connectivity index (χ2v) is 6.78. The highest BCUT2D eigenvalue weighted by Crippen LogP contribution is 2.38. The number of rotatable bonds is 8. The normalized spacial score (nSPS) is 10.2. The maximum absolute atomic E-state index is 9.50. The molecule has 158 valence electrons. The van der Waals surface area contributed by atoms with Crippen molar-refractivity contribution in [1.29, 1.82) is 0 Å². The first-order valence-electron chi connectivity index (χ1n) is 9.18. The first kappa shape index (κ1) is 23.2. The lowest BCUT2D eigenvalue weighted by Crippen LogP contribution is -1.95. The third kappa shape index (κ3) is 6.19. The summed E-state index contributed by atoms with van der Waals surface area (Å²) < 4.78 is 29.2. The van der Waals surface area contributed by atoms with Gasteiger partial charge in [-0.05, 0) is 53.4 Å². The molecule has 3 rings (SSSR count). The Bertz CT molecular complexity index is 923. The Morgan fingerprint density at radius 3 is 1.97 bits per heavy atom. The van der Waals surface area contributed by atoms with Crippen LogP contribution in [-0.2, 0) is 0 Å². The van der Waals surface area contributed by atoms with Gasteiger partial charge in [0.05, 0.1) is 34.2 Å². The number of alkyl halides is 1. The monoisotopic (exact) mass is 427 g/mol. The molecule has 0 fully saturated rings. The van der Waals surface area contributed by atoms with E-state index in [1.807, 2.05) is 48.5 Å². The van der Waals surface area contributed by atoms with Crippen molar-refractivity contribution >= 4 is 29.8 Å². The molecule has 0 bridgehead atoms. The largest absolute Gasteiger partial charge is 0.493 e. The molecule has 0 aliphatic heterocycles. The van der Waals surface area contributed by atoms with Crippen molar-refractivity contribution in [1.82, 2.24) is 0 Å². The maximum atomic E-state index is 9.50. The molecule has 0 unspecified atom stereocenters. The van der Waals surface area contributed by atoms with E-state index >= 15 is 0 Å². The van der Waals surface area contributed by atoms with Crippen LogP contribution in [0.25, 0.3) is 12.2 Å². The van der Waals surface area contributed by atoms with Crippen molar-refractivity contribution in [3.8, 4) is 17.2 Å². The average molecular weight is 428 g/mol. The Balaban J connectivity index is 0.00000155. The van der Waals surface area contributed by atoms with E-state index < -0.39 is 0 Å². The summed E-state index contributed by atoms with van der Waals surface area (Å²) in [6, 6.07) is 22.2. The highest BCUT2D eigenvalue weighted by atomic mass is 32.2. The Hall–Kier alpha value is -3.12. The van der Waals surface area contributed by atoms with Crippen molar-refractivity contribution in [2.24, 2.45) is 0 Å². The fourth-order valence-electron chi connectivity index (χ4n) is 2.72. The Morgan fingerprint density at radius 1 is 0.767 bits per heavy atom. The molecule has 0 atom stereocenters. The van der Waals surface area contributed by atoms with Crippen LogP contribution in [0.1, 0.15) is 11.1 Å². The smallest absolute Gasteiger partial charge is 0.203 e. The van der Waals surface area contributed by atoms with Crippen LogP contribution >= 0.6 is 11.9 Å². The summed E-state index contributed by atoms with van der Waals surface area (Å²) in [5.41, 5.74) is 3.08. The van der Waals surface area contributed by atoms with Crippen molar-refractivity contribution in [2.45, 2.75) is 4.90 Å². The predicted octanol–water partition coefficient (Wildman–Crippen LogP) is 6.59. The molecule has 0 amide bonds. The zero-order valence-electron chi connectivity index (χ0n) is 17.5. The van der Waals surface area contributed by atoms with E-state index in [4.69, 9.17) is 14.2 Å². The SMILES string of the molecule is CF.COc1cc(/C=C\c2ccccc2NSc2ccccc2)cc(OC)c1OC. The number of ether oxygens (including phenoxy) is 3. The lowest BCUT2D eigenvalue weighted by atomic mass is 10.1. The van der Waals surface area contributed by atoms with Crippen LogP contribution in [0.2, 0.25) is 0 Å². The van der Waals surface area contributed by atoms with E-state index in [1.165, 1.54) is 0 Å². The van der Waals surface area contributed by atoms with Gasteiger partial charge in [0, 0.05) is 4.90 Å². The maximum Gasteiger partial charge on any atom is 0.203 e. The van der Waals surface area contributed by atoms with Crippen LogP contribution in [0.3, 0.4) is 0 Å². The molecule has 6 heteroatoms. The third-order valence-electron chi connectivity index (χ3n) is 4.13. The summed E-state index contributed by atoms with van der Waals surface area (Å²) >= 11 is 1.59. The van der Waals surface area contributed by atoms with Crippen LogP contribution in [0.4, 0.5) is 10.1 Å². The van der Waals surface area contributed by atoms with E-state index in [0.29, 0.717) is 24.4 Å². The number of halogens is 1. The summed E-state index contributed by atoms with van der Waals surface area (Å²) in [7, 11) is 5.33. The molecule has 0 aliphatic rings. The van der Waals surface area contributed by atoms with E-state index in [2.05, 4.69) is 35.1 Å². The minimum atomic E-state index is 0.500. The highest BCUT2D eigenvalue weighted by molar-refractivity contribution is 8.00. The van der Waals surface area contributed by atoms with E-state index in [1.54, 1.807) is 33.3 Å². The van der Waals surface area contributed by atoms with Gasteiger partial charge in [0.15, 0.2) is 11.5 Å². The van der Waals surface area contributed by atoms with Gasteiger partial charge < -0.3 is 18.9 Å². The predicted molar refractivity (Wildman–Crippen MR) is 124 cm³/mol. The Morgan fingerprint density at radius 2 is 1.37 bits per heavy atom. The molecular formula is C24H26FNO3S. The van der Waals surface area contributed by atoms with Crippen LogP contribution in [-0.4, -0.2) is 28.5 Å². The molecule has 0 heterocycles. The number of hydrogen-bond acceptors (Lipinski definition) is 5. The van der Waals surface area contributed by atoms with Gasteiger partial charge in [0.2, 0.25) is 5.75 Å². The number of hydrogen-bond donors (Lipinski definition) is 1. The van der Waals surface area contributed by atoms with Gasteiger partial charge in [0.25, 0.3) is 0 Å². The molecular weight excluding hydrogens is 401 g/mol. The van der Waals surface area contributed by atoms with Crippen molar-refractivity contribution < 1.29 is 18.6 Å². The molecule has 3 aromatic carbocycles. The van der Waals surface area contributed by atoms with Gasteiger partial charge in [-0.25, -0.2) is 0 Å². The molecule has 30 heavy (non-hydrogen) atoms. The van der Waals surface area contributed by atoms with Crippen molar-refractivity contribution in [2.75, 3.05) is 33.2 Å². The molecule has 4 nitrogen and oxygen atoms in total. The number of para-hydroxylation sites is 1. The molecule has 0 aliphatic carbocycles. The molecule has 1 N–H and O–H groups in total. The molecule has 0 saturated carbocycles. The molecule has 0 aromatic heterocycles. The molecule has 0 saturated heterocycles. The van der Waals surface area contributed by atoms with Gasteiger partial charge in [-0.15, -0.1) is 0 Å². The van der Waals surface area contributed by atoms with Crippen LogP contribution in [0.5, 0.6) is 17.2 Å². The summed E-state index contributed by atoms with van der Waals surface area (Å²) in [6.45, 7) is 0. The highest BCUT2D eigenvalue weighted by Gasteiger charge is 2.12. The minimum absolute atomic E-state index is 0.500. The number of anilines is 1. The molecule has 0 spiro atoms. The number of benzene rings is 3. The number of methoxy groups -OCH3 is 3. The van der Waals surface area contributed by atoms with Crippen molar-refractivity contribution in [3.05, 3.63) is 77.9 Å². The zero-order chi connectivity index (χ0) is 21.8. The zero-order valence-corrected chi connectivity index (χ0v) is 18.3. The Kier molecular flexibility index (Phi) is 9.61. The first-order valence-corrected chi connectivity index (χ1v) is 9.99. The van der Waals surface area contributed by atoms with Crippen LogP contribution in [0.15, 0.2) is 71.6 Å². The minimum Gasteiger partial charge on any atom is -0.493 e. The molecule has 3 aromatic rings. The average Bonchev–Trinajstić information content (AvgIpc) is 2.83. The van der Waals surface area contributed by atoms with Crippen LogP contribution in [0, 0.1) is 0 Å². The van der Waals surface area contributed by atoms with Gasteiger partial charge in [-0.2, -0.15) is 0 Å². The lowest BCUT2D eigenvalue weighted by Gasteiger charge is -2.13. The summed E-state index contributed by atoms with van der Waals surface area (Å²) in [5, 5.41) is 0. The number of nitrogens with one attached hydrogen (secondary N) is 1. The van der Waals surface area contributed by atoms with Crippen molar-refractivity contribution in [3.63, 3.8) is 0 Å². The van der Waals surface area contributed by atoms with Crippen LogP contribution < -0.4 is 18.9 Å². The third-order valence-corrected chi connectivity index (χ3v) is 4.96. The van der Waals surface area contributed by atoms with E-state index in [-0.39, 0.29) is 0 Å². The quantitative estimate of drug-likeness (QED) is 0.324. The summed E-state index contributed by atoms with van der Waals surface area (Å²) in [4.78, 5) is 1.16. The summed E-state index contributed by atoms with van der Waals surface area (Å²) in [6.07, 6.45) is 4.09.